The average molecular weight is 369 g/mol. The summed E-state index contributed by atoms with van der Waals surface area (Å²) in [6, 6.07) is 3.69. The highest BCUT2D eigenvalue weighted by atomic mass is 32.2. The number of halogens is 2. The normalized spacial score (nSPS) is 11.6. The number of carbonyl (C=O) groups is 1. The van der Waals surface area contributed by atoms with Gasteiger partial charge in [-0.05, 0) is 18.6 Å². The van der Waals surface area contributed by atoms with Crippen LogP contribution >= 0.6 is 11.8 Å². The van der Waals surface area contributed by atoms with Gasteiger partial charge in [-0.3, -0.25) is 4.79 Å². The van der Waals surface area contributed by atoms with Gasteiger partial charge in [-0.15, -0.1) is 10.2 Å². The van der Waals surface area contributed by atoms with E-state index in [9.17, 15) is 13.6 Å². The largest absolute Gasteiger partial charge is 0.355 e. The van der Waals surface area contributed by atoms with Crippen LogP contribution in [0.15, 0.2) is 23.4 Å². The smallest absolute Gasteiger partial charge is 0.230 e. The average Bonchev–Trinajstić information content (AvgIpc) is 2.89. The summed E-state index contributed by atoms with van der Waals surface area (Å²) in [5.74, 6) is 5.13. The third kappa shape index (κ3) is 4.91. The lowest BCUT2D eigenvalue weighted by molar-refractivity contribution is -0.118. The molecule has 2 aromatic rings. The maximum Gasteiger partial charge on any atom is 0.230 e. The van der Waals surface area contributed by atoms with E-state index in [-0.39, 0.29) is 35.6 Å². The van der Waals surface area contributed by atoms with Gasteiger partial charge in [0.15, 0.2) is 5.82 Å². The molecule has 0 aliphatic carbocycles. The molecular formula is C16H21F2N5OS. The Morgan fingerprint density at radius 1 is 1.28 bits per heavy atom. The molecule has 1 aromatic heterocycles. The van der Waals surface area contributed by atoms with Gasteiger partial charge < -0.3 is 11.2 Å². The predicted molar refractivity (Wildman–Crippen MR) is 92.7 cm³/mol. The highest BCUT2D eigenvalue weighted by molar-refractivity contribution is 7.99. The molecule has 0 aliphatic rings. The number of nitrogens with one attached hydrogen (secondary N) is 1. The van der Waals surface area contributed by atoms with Gasteiger partial charge in [0.1, 0.15) is 11.6 Å². The number of nitrogen functional groups attached to an aromatic ring is 1. The second-order valence-electron chi connectivity index (χ2n) is 6.52. The van der Waals surface area contributed by atoms with Gasteiger partial charge in [-0.25, -0.2) is 13.5 Å². The summed E-state index contributed by atoms with van der Waals surface area (Å²) in [7, 11) is 0. The Labute approximate surface area is 149 Å². The highest BCUT2D eigenvalue weighted by Crippen LogP contribution is 2.23. The quantitative estimate of drug-likeness (QED) is 0.601. The van der Waals surface area contributed by atoms with E-state index in [0.29, 0.717) is 11.0 Å². The first kappa shape index (κ1) is 19.2. The van der Waals surface area contributed by atoms with E-state index in [4.69, 9.17) is 5.84 Å². The summed E-state index contributed by atoms with van der Waals surface area (Å²) < 4.78 is 28.4. The molecule has 0 saturated carbocycles. The van der Waals surface area contributed by atoms with Gasteiger partial charge in [0.25, 0.3) is 0 Å². The number of benzene rings is 1. The summed E-state index contributed by atoms with van der Waals surface area (Å²) >= 11 is 1.15. The molecule has 1 aromatic carbocycles. The minimum Gasteiger partial charge on any atom is -0.355 e. The molecule has 0 atom stereocenters. The number of rotatable bonds is 6. The van der Waals surface area contributed by atoms with Crippen LogP contribution < -0.4 is 11.2 Å². The van der Waals surface area contributed by atoms with Crippen molar-refractivity contribution >= 4 is 17.7 Å². The van der Waals surface area contributed by atoms with Crippen LogP contribution in [0.5, 0.6) is 0 Å². The van der Waals surface area contributed by atoms with E-state index in [1.165, 1.54) is 22.9 Å². The third-order valence-corrected chi connectivity index (χ3v) is 4.37. The number of amides is 1. The molecule has 0 fully saturated rings. The Balaban J connectivity index is 1.83. The first-order valence-corrected chi connectivity index (χ1v) is 8.72. The van der Waals surface area contributed by atoms with E-state index in [1.54, 1.807) is 0 Å². The number of thioether (sulfide) groups is 1. The van der Waals surface area contributed by atoms with Crippen molar-refractivity contribution in [3.8, 4) is 0 Å². The van der Waals surface area contributed by atoms with Crippen molar-refractivity contribution in [3.05, 3.63) is 41.2 Å². The molecule has 0 aliphatic heterocycles. The van der Waals surface area contributed by atoms with Crippen LogP contribution in [-0.2, 0) is 16.6 Å². The molecule has 0 radical (unpaired) electrons. The Morgan fingerprint density at radius 2 is 1.92 bits per heavy atom. The maximum atomic E-state index is 13.5. The molecule has 0 unspecified atom stereocenters. The van der Waals surface area contributed by atoms with Crippen molar-refractivity contribution in [1.29, 1.82) is 0 Å². The monoisotopic (exact) mass is 369 g/mol. The van der Waals surface area contributed by atoms with Crippen LogP contribution in [0.1, 0.15) is 32.2 Å². The van der Waals surface area contributed by atoms with Crippen molar-refractivity contribution in [2.45, 2.75) is 37.8 Å². The van der Waals surface area contributed by atoms with E-state index >= 15 is 0 Å². The van der Waals surface area contributed by atoms with Crippen LogP contribution in [0.2, 0.25) is 0 Å². The first-order chi connectivity index (χ1) is 11.7. The number of nitrogens with two attached hydrogens (primary N) is 1. The molecule has 1 amide bonds. The van der Waals surface area contributed by atoms with Gasteiger partial charge in [-0.2, -0.15) is 0 Å². The second-order valence-corrected chi connectivity index (χ2v) is 7.46. The fraction of sp³-hybridized carbons (Fsp3) is 0.438. The zero-order chi connectivity index (χ0) is 18.6. The van der Waals surface area contributed by atoms with Gasteiger partial charge >= 0.3 is 0 Å². The van der Waals surface area contributed by atoms with E-state index in [2.05, 4.69) is 15.5 Å². The Kier molecular flexibility index (Phi) is 5.99. The van der Waals surface area contributed by atoms with Crippen molar-refractivity contribution in [1.82, 2.24) is 20.2 Å². The van der Waals surface area contributed by atoms with E-state index in [1.807, 2.05) is 20.8 Å². The van der Waals surface area contributed by atoms with Crippen molar-refractivity contribution < 1.29 is 13.6 Å². The SMILES string of the molecule is CC(C)(C)c1nnc(SCC(=O)NCCc2c(F)cccc2F)n1N. The standard InChI is InChI=1S/C16H21F2N5OS/c1-16(2,3)14-21-22-15(23(14)19)25-9-13(24)20-8-7-10-11(17)5-4-6-12(10)18/h4-6H,7-9,19H2,1-3H3,(H,20,24). The van der Waals surface area contributed by atoms with Gasteiger partial charge in [-0.1, -0.05) is 38.6 Å². The molecule has 9 heteroatoms. The number of carbonyl (C=O) groups excluding carboxylic acids is 1. The molecule has 0 spiro atoms. The molecule has 136 valence electrons. The number of hydrogen-bond donors (Lipinski definition) is 2. The van der Waals surface area contributed by atoms with Crippen molar-refractivity contribution in [2.75, 3.05) is 18.1 Å². The lowest BCUT2D eigenvalue weighted by Crippen LogP contribution is -2.28. The van der Waals surface area contributed by atoms with Crippen LogP contribution in [-0.4, -0.2) is 33.1 Å². The molecule has 0 saturated heterocycles. The van der Waals surface area contributed by atoms with E-state index < -0.39 is 11.6 Å². The first-order valence-electron chi connectivity index (χ1n) is 7.73. The molecule has 3 N–H and O–H groups in total. The lowest BCUT2D eigenvalue weighted by atomic mass is 9.96. The topological polar surface area (TPSA) is 85.8 Å². The molecule has 0 bridgehead atoms. The van der Waals surface area contributed by atoms with Crippen molar-refractivity contribution in [3.63, 3.8) is 0 Å². The second kappa shape index (κ2) is 7.81. The molecule has 6 nitrogen and oxygen atoms in total. The Morgan fingerprint density at radius 3 is 2.48 bits per heavy atom. The third-order valence-electron chi connectivity index (χ3n) is 3.43. The van der Waals surface area contributed by atoms with Gasteiger partial charge in [0.05, 0.1) is 5.75 Å². The fourth-order valence-electron chi connectivity index (χ4n) is 2.17. The number of hydrogen-bond acceptors (Lipinski definition) is 5. The molecule has 1 heterocycles. The zero-order valence-corrected chi connectivity index (χ0v) is 15.2. The summed E-state index contributed by atoms with van der Waals surface area (Å²) in [5.41, 5.74) is -0.293. The maximum absolute atomic E-state index is 13.5. The van der Waals surface area contributed by atoms with Crippen LogP contribution in [0.3, 0.4) is 0 Å². The summed E-state index contributed by atoms with van der Waals surface area (Å²) in [6.07, 6.45) is 0.0795. The van der Waals surface area contributed by atoms with Crippen molar-refractivity contribution in [2.24, 2.45) is 0 Å². The van der Waals surface area contributed by atoms with Crippen LogP contribution in [0.4, 0.5) is 8.78 Å². The molecule has 2 rings (SSSR count). The predicted octanol–water partition coefficient (Wildman–Crippen LogP) is 2.02. The fourth-order valence-corrected chi connectivity index (χ4v) is 2.85. The summed E-state index contributed by atoms with van der Waals surface area (Å²) in [5, 5.41) is 11.1. The molecule has 25 heavy (non-hydrogen) atoms. The summed E-state index contributed by atoms with van der Waals surface area (Å²) in [4.78, 5) is 11.9. The Bertz CT molecular complexity index is 737. The van der Waals surface area contributed by atoms with E-state index in [0.717, 1.165) is 11.8 Å². The minimum atomic E-state index is -0.616. The molecular weight excluding hydrogens is 348 g/mol. The van der Waals surface area contributed by atoms with Crippen LogP contribution in [0, 0.1) is 11.6 Å². The summed E-state index contributed by atoms with van der Waals surface area (Å²) in [6.45, 7) is 6.02. The minimum absolute atomic E-state index is 0.0352. The zero-order valence-electron chi connectivity index (χ0n) is 14.3. The van der Waals surface area contributed by atoms with Gasteiger partial charge in [0.2, 0.25) is 11.1 Å². The number of nitrogens with zero attached hydrogens (tertiary/aromatic N) is 3. The number of aromatic nitrogens is 3. The lowest BCUT2D eigenvalue weighted by Gasteiger charge is -2.16. The van der Waals surface area contributed by atoms with Crippen LogP contribution in [0.25, 0.3) is 0 Å². The van der Waals surface area contributed by atoms with Gasteiger partial charge in [0, 0.05) is 17.5 Å². The Hall–Kier alpha value is -2.16. The highest BCUT2D eigenvalue weighted by Gasteiger charge is 2.23.